The van der Waals surface area contributed by atoms with Gasteiger partial charge in [0.1, 0.15) is 23.2 Å². The Labute approximate surface area is 177 Å². The topological polar surface area (TPSA) is 55.1 Å². The Morgan fingerprint density at radius 1 is 1.06 bits per heavy atom. The van der Waals surface area contributed by atoms with Gasteiger partial charge in [-0.3, -0.25) is 4.79 Å². The van der Waals surface area contributed by atoms with E-state index < -0.39 is 17.5 Å². The Bertz CT molecular complexity index is 1140. The lowest BCUT2D eigenvalue weighted by atomic mass is 9.97. The number of benzene rings is 2. The van der Waals surface area contributed by atoms with Crippen molar-refractivity contribution in [2.24, 2.45) is 0 Å². The van der Waals surface area contributed by atoms with E-state index in [1.165, 1.54) is 18.2 Å². The maximum absolute atomic E-state index is 13.8. The Balaban J connectivity index is 1.36. The average molecular weight is 426 g/mol. The molecule has 0 saturated carbocycles. The first-order valence-electron chi connectivity index (χ1n) is 10.1. The Hall–Kier alpha value is -3.35. The smallest absolute Gasteiger partial charge is 0.273 e. The summed E-state index contributed by atoms with van der Waals surface area (Å²) in [4.78, 5) is 12.4. The average Bonchev–Trinajstić information content (AvgIpc) is 3.12. The summed E-state index contributed by atoms with van der Waals surface area (Å²) in [5.74, 6) is -1.73. The maximum Gasteiger partial charge on any atom is 0.273 e. The van der Waals surface area contributed by atoms with Crippen LogP contribution < -0.4 is 5.32 Å². The molecule has 1 aliphatic carbocycles. The lowest BCUT2D eigenvalue weighted by molar-refractivity contribution is 0.0945. The largest absolute Gasteiger partial charge is 0.360 e. The van der Waals surface area contributed by atoms with Crippen molar-refractivity contribution < 1.29 is 22.5 Å². The van der Waals surface area contributed by atoms with E-state index in [0.717, 1.165) is 48.1 Å². The van der Waals surface area contributed by atoms with Crippen LogP contribution in [0.5, 0.6) is 0 Å². The van der Waals surface area contributed by atoms with Crippen LogP contribution in [0.15, 0.2) is 53.1 Å². The molecule has 31 heavy (non-hydrogen) atoms. The zero-order valence-corrected chi connectivity index (χ0v) is 16.8. The molecule has 1 heterocycles. The molecular weight excluding hydrogens is 405 g/mol. The number of hydrogen-bond donors (Lipinski definition) is 1. The molecule has 1 aliphatic rings. The minimum absolute atomic E-state index is 0.0572. The number of hydrogen-bond acceptors (Lipinski definition) is 3. The highest BCUT2D eigenvalue weighted by atomic mass is 19.1. The van der Waals surface area contributed by atoms with Crippen LogP contribution in [0.2, 0.25) is 0 Å². The van der Waals surface area contributed by atoms with Crippen LogP contribution >= 0.6 is 0 Å². The number of nitrogens with one attached hydrogen (secondary N) is 1. The molecule has 4 rings (SSSR count). The molecule has 160 valence electrons. The van der Waals surface area contributed by atoms with Crippen LogP contribution in [0.4, 0.5) is 13.2 Å². The van der Waals surface area contributed by atoms with E-state index in [-0.39, 0.29) is 23.5 Å². The third-order valence-corrected chi connectivity index (χ3v) is 5.31. The molecule has 0 aliphatic heterocycles. The second-order valence-electron chi connectivity index (χ2n) is 7.52. The van der Waals surface area contributed by atoms with Gasteiger partial charge in [0.15, 0.2) is 5.69 Å². The van der Waals surface area contributed by atoms with Crippen molar-refractivity contribution in [3.63, 3.8) is 0 Å². The molecular formula is C24H21F3N2O2. The second-order valence-corrected chi connectivity index (χ2v) is 7.52. The number of fused-ring (bicyclic) bond motifs is 1. The highest BCUT2D eigenvalue weighted by Crippen LogP contribution is 2.28. The summed E-state index contributed by atoms with van der Waals surface area (Å²) in [6.07, 6.45) is 5.54. The molecule has 1 aromatic heterocycles. The van der Waals surface area contributed by atoms with E-state index in [0.29, 0.717) is 18.7 Å². The first kappa shape index (κ1) is 20.9. The van der Waals surface area contributed by atoms with Gasteiger partial charge in [-0.05, 0) is 66.1 Å². The number of allylic oxidation sites excluding steroid dienone is 1. The Kier molecular flexibility index (Phi) is 6.21. The third kappa shape index (κ3) is 5.05. The first-order valence-corrected chi connectivity index (χ1v) is 10.1. The predicted molar refractivity (Wildman–Crippen MR) is 110 cm³/mol. The molecule has 1 amide bonds. The van der Waals surface area contributed by atoms with Crippen molar-refractivity contribution in [3.8, 4) is 0 Å². The number of halogens is 3. The summed E-state index contributed by atoms with van der Waals surface area (Å²) in [5.41, 5.74) is 3.36. The number of carbonyl (C=O) groups excluding carboxylic acids is 1. The quantitative estimate of drug-likeness (QED) is 0.588. The molecule has 4 nitrogen and oxygen atoms in total. The SMILES string of the molecule is O=C(NCCC1=CCCCc2ccc(F)cc21)c1cc(Cc2ccc(F)cc2F)on1. The van der Waals surface area contributed by atoms with Crippen LogP contribution in [0, 0.1) is 17.5 Å². The third-order valence-electron chi connectivity index (χ3n) is 5.31. The van der Waals surface area contributed by atoms with Crippen LogP contribution in [-0.2, 0) is 12.8 Å². The number of amides is 1. The van der Waals surface area contributed by atoms with Crippen LogP contribution in [0.1, 0.15) is 52.2 Å². The van der Waals surface area contributed by atoms with Crippen molar-refractivity contribution >= 4 is 11.5 Å². The number of aryl methyl sites for hydroxylation is 1. The highest BCUT2D eigenvalue weighted by molar-refractivity contribution is 5.92. The monoisotopic (exact) mass is 426 g/mol. The van der Waals surface area contributed by atoms with Crippen LogP contribution in [0.25, 0.3) is 5.57 Å². The van der Waals surface area contributed by atoms with Gasteiger partial charge in [0.2, 0.25) is 0 Å². The van der Waals surface area contributed by atoms with E-state index in [1.54, 1.807) is 6.07 Å². The minimum atomic E-state index is -0.684. The lowest BCUT2D eigenvalue weighted by Crippen LogP contribution is -2.25. The molecule has 0 saturated heterocycles. The normalized spacial score (nSPS) is 13.3. The van der Waals surface area contributed by atoms with Crippen molar-refractivity contribution in [1.29, 1.82) is 0 Å². The molecule has 0 radical (unpaired) electrons. The molecule has 1 N–H and O–H groups in total. The predicted octanol–water partition coefficient (Wildman–Crippen LogP) is 5.22. The zero-order chi connectivity index (χ0) is 21.8. The fourth-order valence-electron chi connectivity index (χ4n) is 3.74. The zero-order valence-electron chi connectivity index (χ0n) is 16.8. The van der Waals surface area contributed by atoms with E-state index in [9.17, 15) is 18.0 Å². The van der Waals surface area contributed by atoms with E-state index in [1.807, 2.05) is 6.07 Å². The number of aromatic nitrogens is 1. The maximum atomic E-state index is 13.8. The highest BCUT2D eigenvalue weighted by Gasteiger charge is 2.16. The molecule has 0 atom stereocenters. The summed E-state index contributed by atoms with van der Waals surface area (Å²) in [5, 5.41) is 6.53. The summed E-state index contributed by atoms with van der Waals surface area (Å²) in [7, 11) is 0. The molecule has 0 spiro atoms. The molecule has 3 aromatic rings. The summed E-state index contributed by atoms with van der Waals surface area (Å²) in [6, 6.07) is 9.57. The Morgan fingerprint density at radius 3 is 2.71 bits per heavy atom. The van der Waals surface area contributed by atoms with E-state index in [2.05, 4.69) is 16.5 Å². The van der Waals surface area contributed by atoms with Gasteiger partial charge in [-0.15, -0.1) is 0 Å². The van der Waals surface area contributed by atoms with Gasteiger partial charge in [0, 0.05) is 25.1 Å². The van der Waals surface area contributed by atoms with Gasteiger partial charge in [-0.25, -0.2) is 13.2 Å². The second kappa shape index (κ2) is 9.20. The summed E-state index contributed by atoms with van der Waals surface area (Å²) >= 11 is 0. The standard InChI is InChI=1S/C24H21F3N2O2/c25-18-7-5-15-3-1-2-4-16(21(15)12-18)9-10-28-24(30)23-14-20(31-29-23)11-17-6-8-19(26)13-22(17)27/h4-8,12-14H,1-3,9-11H2,(H,28,30). The van der Waals surface area contributed by atoms with Gasteiger partial charge in [-0.2, -0.15) is 0 Å². The molecule has 0 bridgehead atoms. The van der Waals surface area contributed by atoms with Gasteiger partial charge < -0.3 is 9.84 Å². The lowest BCUT2D eigenvalue weighted by Gasteiger charge is -2.11. The van der Waals surface area contributed by atoms with Crippen LogP contribution in [0.3, 0.4) is 0 Å². The van der Waals surface area contributed by atoms with Crippen molar-refractivity contribution in [3.05, 3.63) is 94.1 Å². The molecule has 2 aromatic carbocycles. The fourth-order valence-corrected chi connectivity index (χ4v) is 3.74. The molecule has 0 fully saturated rings. The van der Waals surface area contributed by atoms with E-state index >= 15 is 0 Å². The van der Waals surface area contributed by atoms with Crippen molar-refractivity contribution in [2.75, 3.05) is 6.54 Å². The minimum Gasteiger partial charge on any atom is -0.360 e. The van der Waals surface area contributed by atoms with E-state index in [4.69, 9.17) is 4.52 Å². The fraction of sp³-hybridized carbons (Fsp3) is 0.250. The van der Waals surface area contributed by atoms with Gasteiger partial charge in [0.05, 0.1) is 0 Å². The number of nitrogens with zero attached hydrogens (tertiary/aromatic N) is 1. The number of rotatable bonds is 6. The van der Waals surface area contributed by atoms with Crippen molar-refractivity contribution in [2.45, 2.75) is 32.1 Å². The Morgan fingerprint density at radius 2 is 1.87 bits per heavy atom. The van der Waals surface area contributed by atoms with Crippen LogP contribution in [-0.4, -0.2) is 17.6 Å². The van der Waals surface area contributed by atoms with Gasteiger partial charge >= 0.3 is 0 Å². The molecule has 7 heteroatoms. The van der Waals surface area contributed by atoms with Gasteiger partial charge in [0.25, 0.3) is 5.91 Å². The number of carbonyl (C=O) groups is 1. The van der Waals surface area contributed by atoms with Gasteiger partial charge in [-0.1, -0.05) is 23.4 Å². The van der Waals surface area contributed by atoms with Crippen molar-refractivity contribution in [1.82, 2.24) is 10.5 Å². The summed E-state index contributed by atoms with van der Waals surface area (Å²) in [6.45, 7) is 0.357. The molecule has 0 unspecified atom stereocenters. The first-order chi connectivity index (χ1) is 15.0. The summed E-state index contributed by atoms with van der Waals surface area (Å²) < 4.78 is 45.7.